The van der Waals surface area contributed by atoms with Crippen LogP contribution in [0, 0.1) is 0 Å². The SMILES string of the molecule is CS(=O)(=O)N(CC(=O)NCc1ccc(CN2CCCCC2)cc1)c1cccc(C(F)(F)F)c1. The monoisotopic (exact) mass is 483 g/mol. The highest BCUT2D eigenvalue weighted by Gasteiger charge is 2.32. The fraction of sp³-hybridized carbons (Fsp3) is 0.435. The number of benzene rings is 2. The zero-order chi connectivity index (χ0) is 24.1. The van der Waals surface area contributed by atoms with Crippen molar-refractivity contribution in [3.8, 4) is 0 Å². The van der Waals surface area contributed by atoms with E-state index >= 15 is 0 Å². The molecular weight excluding hydrogens is 455 g/mol. The highest BCUT2D eigenvalue weighted by Crippen LogP contribution is 2.32. The van der Waals surface area contributed by atoms with Crippen molar-refractivity contribution in [2.24, 2.45) is 0 Å². The number of hydrogen-bond acceptors (Lipinski definition) is 4. The smallest absolute Gasteiger partial charge is 0.350 e. The molecule has 3 rings (SSSR count). The van der Waals surface area contributed by atoms with Crippen molar-refractivity contribution in [2.75, 3.05) is 30.2 Å². The van der Waals surface area contributed by atoms with Crippen LogP contribution in [-0.4, -0.2) is 45.1 Å². The maximum Gasteiger partial charge on any atom is 0.416 e. The molecule has 0 spiro atoms. The molecule has 33 heavy (non-hydrogen) atoms. The molecule has 180 valence electrons. The topological polar surface area (TPSA) is 69.7 Å². The van der Waals surface area contributed by atoms with E-state index in [1.54, 1.807) is 0 Å². The molecule has 10 heteroatoms. The number of carbonyl (C=O) groups is 1. The average Bonchev–Trinajstić information content (AvgIpc) is 2.76. The van der Waals surface area contributed by atoms with E-state index in [4.69, 9.17) is 0 Å². The second-order valence-corrected chi connectivity index (χ2v) is 10.2. The van der Waals surface area contributed by atoms with Crippen LogP contribution in [-0.2, 0) is 34.1 Å². The Labute approximate surface area is 192 Å². The lowest BCUT2D eigenvalue weighted by Crippen LogP contribution is -2.40. The van der Waals surface area contributed by atoms with Gasteiger partial charge in [0, 0.05) is 13.1 Å². The quantitative estimate of drug-likeness (QED) is 0.621. The van der Waals surface area contributed by atoms with Gasteiger partial charge in [-0.25, -0.2) is 8.42 Å². The number of rotatable bonds is 8. The number of likely N-dealkylation sites (tertiary alicyclic amines) is 1. The van der Waals surface area contributed by atoms with E-state index in [9.17, 15) is 26.4 Å². The minimum absolute atomic E-state index is 0.184. The summed E-state index contributed by atoms with van der Waals surface area (Å²) in [5.74, 6) is -0.616. The Hall–Kier alpha value is -2.59. The van der Waals surface area contributed by atoms with Crippen LogP contribution in [0.1, 0.15) is 36.0 Å². The van der Waals surface area contributed by atoms with Gasteiger partial charge in [-0.1, -0.05) is 36.8 Å². The highest BCUT2D eigenvalue weighted by atomic mass is 32.2. The molecule has 1 N–H and O–H groups in total. The predicted molar refractivity (Wildman–Crippen MR) is 121 cm³/mol. The first-order chi connectivity index (χ1) is 15.5. The van der Waals surface area contributed by atoms with Crippen LogP contribution < -0.4 is 9.62 Å². The van der Waals surface area contributed by atoms with E-state index in [0.29, 0.717) is 4.31 Å². The zero-order valence-electron chi connectivity index (χ0n) is 18.4. The fourth-order valence-corrected chi connectivity index (χ4v) is 4.61. The summed E-state index contributed by atoms with van der Waals surface area (Å²) in [6.07, 6.45) is -0.0624. The lowest BCUT2D eigenvalue weighted by atomic mass is 10.1. The number of anilines is 1. The molecule has 0 unspecified atom stereocenters. The highest BCUT2D eigenvalue weighted by molar-refractivity contribution is 7.92. The van der Waals surface area contributed by atoms with Crippen LogP contribution in [0.25, 0.3) is 0 Å². The van der Waals surface area contributed by atoms with Crippen LogP contribution in [0.15, 0.2) is 48.5 Å². The second kappa shape index (κ2) is 10.6. The van der Waals surface area contributed by atoms with Gasteiger partial charge in [-0.2, -0.15) is 13.2 Å². The third-order valence-corrected chi connectivity index (χ3v) is 6.66. The van der Waals surface area contributed by atoms with Gasteiger partial charge >= 0.3 is 6.18 Å². The summed E-state index contributed by atoms with van der Waals surface area (Å²) in [7, 11) is -3.98. The molecule has 1 aliphatic rings. The Kier molecular flexibility index (Phi) is 8.01. The first kappa shape index (κ1) is 25.0. The molecule has 6 nitrogen and oxygen atoms in total. The number of alkyl halides is 3. The van der Waals surface area contributed by atoms with Crippen LogP contribution in [0.4, 0.5) is 18.9 Å². The third kappa shape index (κ3) is 7.46. The zero-order valence-corrected chi connectivity index (χ0v) is 19.3. The van der Waals surface area contributed by atoms with Gasteiger partial charge in [0.2, 0.25) is 15.9 Å². The lowest BCUT2D eigenvalue weighted by molar-refractivity contribution is -0.137. The Morgan fingerprint density at radius 3 is 2.27 bits per heavy atom. The van der Waals surface area contributed by atoms with E-state index in [1.807, 2.05) is 24.3 Å². The first-order valence-electron chi connectivity index (χ1n) is 10.7. The molecule has 1 saturated heterocycles. The van der Waals surface area contributed by atoms with Crippen molar-refractivity contribution in [1.29, 1.82) is 0 Å². The van der Waals surface area contributed by atoms with Crippen molar-refractivity contribution in [1.82, 2.24) is 10.2 Å². The van der Waals surface area contributed by atoms with Gasteiger partial charge in [0.15, 0.2) is 0 Å². The maximum atomic E-state index is 13.0. The predicted octanol–water partition coefficient (Wildman–Crippen LogP) is 3.77. The lowest BCUT2D eigenvalue weighted by Gasteiger charge is -2.26. The normalized spacial score (nSPS) is 15.3. The van der Waals surface area contributed by atoms with Crippen molar-refractivity contribution < 1.29 is 26.4 Å². The Morgan fingerprint density at radius 1 is 1.03 bits per heavy atom. The summed E-state index contributed by atoms with van der Waals surface area (Å²) in [5, 5.41) is 2.64. The van der Waals surface area contributed by atoms with E-state index in [2.05, 4.69) is 10.2 Å². The summed E-state index contributed by atoms with van der Waals surface area (Å²) in [6, 6.07) is 11.7. The fourth-order valence-electron chi connectivity index (χ4n) is 3.76. The van der Waals surface area contributed by atoms with Crippen molar-refractivity contribution in [3.63, 3.8) is 0 Å². The van der Waals surface area contributed by atoms with Gasteiger partial charge in [0.05, 0.1) is 17.5 Å². The minimum Gasteiger partial charge on any atom is -0.350 e. The summed E-state index contributed by atoms with van der Waals surface area (Å²) >= 11 is 0. The standard InChI is InChI=1S/C23H28F3N3O3S/c1-33(31,32)29(21-7-5-6-20(14-21)23(24,25)26)17-22(30)27-15-18-8-10-19(11-9-18)16-28-12-3-2-4-13-28/h5-11,14H,2-4,12-13,15-17H2,1H3,(H,27,30). The summed E-state index contributed by atoms with van der Waals surface area (Å²) in [5.41, 5.74) is 0.818. The molecule has 0 aliphatic carbocycles. The largest absolute Gasteiger partial charge is 0.416 e. The number of amides is 1. The molecule has 0 atom stereocenters. The van der Waals surface area contributed by atoms with E-state index < -0.39 is 34.2 Å². The summed E-state index contributed by atoms with van der Waals surface area (Å²) in [6.45, 7) is 2.64. The van der Waals surface area contributed by atoms with Crippen molar-refractivity contribution >= 4 is 21.6 Å². The van der Waals surface area contributed by atoms with Gasteiger partial charge in [-0.15, -0.1) is 0 Å². The van der Waals surface area contributed by atoms with Crippen molar-refractivity contribution in [3.05, 3.63) is 65.2 Å². The molecule has 0 saturated carbocycles. The van der Waals surface area contributed by atoms with Gasteiger partial charge in [-0.3, -0.25) is 14.0 Å². The van der Waals surface area contributed by atoms with E-state index in [0.717, 1.165) is 49.7 Å². The van der Waals surface area contributed by atoms with Gasteiger partial charge < -0.3 is 5.32 Å². The first-order valence-corrected chi connectivity index (χ1v) is 12.6. The number of halogens is 3. The summed E-state index contributed by atoms with van der Waals surface area (Å²) in [4.78, 5) is 14.8. The molecule has 2 aromatic carbocycles. The van der Waals surface area contributed by atoms with E-state index in [-0.39, 0.29) is 12.2 Å². The van der Waals surface area contributed by atoms with Crippen LogP contribution in [0.2, 0.25) is 0 Å². The van der Waals surface area contributed by atoms with Crippen LogP contribution >= 0.6 is 0 Å². The molecule has 1 heterocycles. The van der Waals surface area contributed by atoms with Gasteiger partial charge in [0.25, 0.3) is 0 Å². The molecule has 1 fully saturated rings. The van der Waals surface area contributed by atoms with Crippen LogP contribution in [0.5, 0.6) is 0 Å². The maximum absolute atomic E-state index is 13.0. The van der Waals surface area contributed by atoms with Crippen molar-refractivity contribution in [2.45, 2.75) is 38.5 Å². The Balaban J connectivity index is 1.60. The van der Waals surface area contributed by atoms with Gasteiger partial charge in [0.1, 0.15) is 6.54 Å². The van der Waals surface area contributed by atoms with Gasteiger partial charge in [-0.05, 0) is 55.3 Å². The molecular formula is C23H28F3N3O3S. The van der Waals surface area contributed by atoms with E-state index in [1.165, 1.54) is 30.9 Å². The molecule has 1 aliphatic heterocycles. The molecule has 0 bridgehead atoms. The third-order valence-electron chi connectivity index (χ3n) is 5.52. The molecule has 1 amide bonds. The second-order valence-electron chi connectivity index (χ2n) is 8.25. The molecule has 2 aromatic rings. The minimum atomic E-state index is -4.62. The Morgan fingerprint density at radius 2 is 1.67 bits per heavy atom. The van der Waals surface area contributed by atoms with Crippen LogP contribution in [0.3, 0.4) is 0 Å². The molecule has 0 radical (unpaired) electrons. The number of nitrogens with zero attached hydrogens (tertiary/aromatic N) is 2. The molecule has 0 aromatic heterocycles. The number of sulfonamides is 1. The summed E-state index contributed by atoms with van der Waals surface area (Å²) < 4.78 is 64.0. The average molecular weight is 484 g/mol. The number of piperidine rings is 1. The number of hydrogen-bond donors (Lipinski definition) is 1. The Bertz CT molecular complexity index is 1050. The number of nitrogens with one attached hydrogen (secondary N) is 1. The number of carbonyl (C=O) groups excluding carboxylic acids is 1.